The number of benzene rings is 2. The van der Waals surface area contributed by atoms with Crippen molar-refractivity contribution >= 4 is 17.5 Å². The van der Waals surface area contributed by atoms with Gasteiger partial charge in [0, 0.05) is 5.56 Å². The lowest BCUT2D eigenvalue weighted by Crippen LogP contribution is -2.58. The van der Waals surface area contributed by atoms with Gasteiger partial charge in [0.05, 0.1) is 24.7 Å². The molecule has 1 radical (unpaired) electrons. The molecule has 2 aromatic carbocycles. The maximum Gasteiger partial charge on any atom is 0.282 e. The Morgan fingerprint density at radius 3 is 2.33 bits per heavy atom. The van der Waals surface area contributed by atoms with Crippen molar-refractivity contribution in [1.29, 1.82) is 0 Å². The molecule has 1 saturated heterocycles. The van der Waals surface area contributed by atoms with Gasteiger partial charge in [0.25, 0.3) is 11.8 Å². The highest BCUT2D eigenvalue weighted by Gasteiger charge is 2.46. The Kier molecular flexibility index (Phi) is 4.45. The molecule has 1 aliphatic heterocycles. The summed E-state index contributed by atoms with van der Waals surface area (Å²) in [4.78, 5) is 13.2. The normalized spacial score (nSPS) is 15.8. The summed E-state index contributed by atoms with van der Waals surface area (Å²) in [5, 5.41) is 0.471. The molecular weight excluding hydrogens is 336 g/mol. The second-order valence-corrected chi connectivity index (χ2v) is 6.00. The van der Waals surface area contributed by atoms with E-state index in [1.165, 1.54) is 0 Å². The Morgan fingerprint density at radius 1 is 1.17 bits per heavy atom. The van der Waals surface area contributed by atoms with Crippen LogP contribution in [0.3, 0.4) is 0 Å². The minimum atomic E-state index is -2.76. The number of rotatable bonds is 4. The molecular formula is C18H15ClF2NO2. The fourth-order valence-electron chi connectivity index (χ4n) is 2.55. The standard InChI is InChI=1S/C18H15ClF2NO2/c1-2-24-16-8-7-14(9-15(16)19)12-3-5-13(6-4-12)17(23)22-10-18(20,21)11-22/h3-9H,1-2,10-11H2. The molecule has 1 heterocycles. The zero-order valence-electron chi connectivity index (χ0n) is 12.8. The van der Waals surface area contributed by atoms with Crippen LogP contribution in [0.4, 0.5) is 8.78 Å². The van der Waals surface area contributed by atoms with E-state index >= 15 is 0 Å². The van der Waals surface area contributed by atoms with E-state index in [0.29, 0.717) is 16.3 Å². The Bertz CT molecular complexity index is 754. The largest absolute Gasteiger partial charge is 0.492 e. The zero-order chi connectivity index (χ0) is 17.3. The third kappa shape index (κ3) is 3.36. The quantitative estimate of drug-likeness (QED) is 0.822. The number of carbonyl (C=O) groups is 1. The van der Waals surface area contributed by atoms with Crippen molar-refractivity contribution in [2.24, 2.45) is 0 Å². The maximum absolute atomic E-state index is 12.9. The summed E-state index contributed by atoms with van der Waals surface area (Å²) < 4.78 is 31.0. The SMILES string of the molecule is [CH2]COc1ccc(-c2ccc(C(=O)N3CC(F)(F)C3)cc2)cc1Cl. The molecule has 24 heavy (non-hydrogen) atoms. The number of amides is 1. The molecule has 0 N–H and O–H groups in total. The van der Waals surface area contributed by atoms with E-state index in [4.69, 9.17) is 16.3 Å². The van der Waals surface area contributed by atoms with Crippen molar-refractivity contribution < 1.29 is 18.3 Å². The molecule has 0 spiro atoms. The van der Waals surface area contributed by atoms with E-state index in [-0.39, 0.29) is 12.5 Å². The lowest BCUT2D eigenvalue weighted by molar-refractivity contribution is -0.113. The highest BCUT2D eigenvalue weighted by molar-refractivity contribution is 6.32. The summed E-state index contributed by atoms with van der Waals surface area (Å²) in [6.45, 7) is 2.85. The van der Waals surface area contributed by atoms with Gasteiger partial charge in [-0.1, -0.05) is 29.8 Å². The van der Waals surface area contributed by atoms with Gasteiger partial charge in [0.2, 0.25) is 0 Å². The van der Waals surface area contributed by atoms with Gasteiger partial charge in [-0.15, -0.1) is 0 Å². The van der Waals surface area contributed by atoms with Crippen molar-refractivity contribution in [2.45, 2.75) is 5.92 Å². The van der Waals surface area contributed by atoms with Crippen LogP contribution in [-0.4, -0.2) is 36.4 Å². The first-order chi connectivity index (χ1) is 11.4. The first-order valence-corrected chi connectivity index (χ1v) is 7.76. The van der Waals surface area contributed by atoms with Gasteiger partial charge in [0.15, 0.2) is 0 Å². The number of likely N-dealkylation sites (tertiary alicyclic amines) is 1. The number of alkyl halides is 2. The van der Waals surface area contributed by atoms with Crippen LogP contribution in [0.25, 0.3) is 11.1 Å². The van der Waals surface area contributed by atoms with Gasteiger partial charge in [-0.25, -0.2) is 8.78 Å². The topological polar surface area (TPSA) is 29.5 Å². The number of ether oxygens (including phenoxy) is 1. The number of carbonyl (C=O) groups excluding carboxylic acids is 1. The summed E-state index contributed by atoms with van der Waals surface area (Å²) in [6.07, 6.45) is 0. The van der Waals surface area contributed by atoms with Crippen molar-refractivity contribution in [3.8, 4) is 16.9 Å². The lowest BCUT2D eigenvalue weighted by atomic mass is 10.0. The predicted octanol–water partition coefficient (Wildman–Crippen LogP) is 4.31. The molecule has 0 unspecified atom stereocenters. The molecule has 125 valence electrons. The molecule has 0 saturated carbocycles. The van der Waals surface area contributed by atoms with Gasteiger partial charge >= 0.3 is 0 Å². The third-order valence-corrected chi connectivity index (χ3v) is 4.08. The molecule has 1 amide bonds. The highest BCUT2D eigenvalue weighted by atomic mass is 35.5. The first kappa shape index (κ1) is 16.7. The van der Waals surface area contributed by atoms with Gasteiger partial charge < -0.3 is 9.64 Å². The van der Waals surface area contributed by atoms with Crippen LogP contribution in [0.15, 0.2) is 42.5 Å². The Morgan fingerprint density at radius 2 is 1.79 bits per heavy atom. The smallest absolute Gasteiger partial charge is 0.282 e. The second kappa shape index (κ2) is 6.40. The summed E-state index contributed by atoms with van der Waals surface area (Å²) in [6, 6.07) is 12.1. The third-order valence-electron chi connectivity index (χ3n) is 3.79. The number of halogens is 3. The maximum atomic E-state index is 12.9. The number of nitrogens with zero attached hydrogens (tertiary/aromatic N) is 1. The van der Waals surface area contributed by atoms with E-state index in [0.717, 1.165) is 16.0 Å². The molecule has 3 nitrogen and oxygen atoms in total. The van der Waals surface area contributed by atoms with E-state index in [1.54, 1.807) is 36.4 Å². The summed E-state index contributed by atoms with van der Waals surface area (Å²) in [5.41, 5.74) is 2.12. The minimum Gasteiger partial charge on any atom is -0.492 e. The average molecular weight is 351 g/mol. The molecule has 0 aromatic heterocycles. The fourth-order valence-corrected chi connectivity index (χ4v) is 2.79. The van der Waals surface area contributed by atoms with Crippen molar-refractivity contribution in [3.05, 3.63) is 60.0 Å². The Hall–Kier alpha value is -2.14. The fraction of sp³-hybridized carbons (Fsp3) is 0.222. The Labute approximate surface area is 143 Å². The molecule has 3 rings (SSSR count). The summed E-state index contributed by atoms with van der Waals surface area (Å²) in [7, 11) is 0. The monoisotopic (exact) mass is 350 g/mol. The van der Waals surface area contributed by atoms with Crippen LogP contribution >= 0.6 is 11.6 Å². The molecule has 0 atom stereocenters. The zero-order valence-corrected chi connectivity index (χ0v) is 13.5. The first-order valence-electron chi connectivity index (χ1n) is 7.39. The predicted molar refractivity (Wildman–Crippen MR) is 88.6 cm³/mol. The summed E-state index contributed by atoms with van der Waals surface area (Å²) >= 11 is 6.15. The van der Waals surface area contributed by atoms with Crippen LogP contribution in [-0.2, 0) is 0 Å². The minimum absolute atomic E-state index is 0.283. The average Bonchev–Trinajstić information content (AvgIpc) is 2.54. The van der Waals surface area contributed by atoms with Gasteiger partial charge in [0.1, 0.15) is 5.75 Å². The van der Waals surface area contributed by atoms with Crippen LogP contribution in [0.2, 0.25) is 5.02 Å². The molecule has 1 fully saturated rings. The van der Waals surface area contributed by atoms with Crippen LogP contribution in [0, 0.1) is 6.92 Å². The Balaban J connectivity index is 1.75. The lowest BCUT2D eigenvalue weighted by Gasteiger charge is -2.38. The molecule has 2 aromatic rings. The van der Waals surface area contributed by atoms with E-state index in [1.807, 2.05) is 6.07 Å². The van der Waals surface area contributed by atoms with Gasteiger partial charge in [-0.3, -0.25) is 4.79 Å². The number of hydrogen-bond acceptors (Lipinski definition) is 2. The van der Waals surface area contributed by atoms with E-state index in [2.05, 4.69) is 6.92 Å². The highest BCUT2D eigenvalue weighted by Crippen LogP contribution is 2.31. The van der Waals surface area contributed by atoms with Crippen molar-refractivity contribution in [3.63, 3.8) is 0 Å². The molecule has 0 aliphatic carbocycles. The van der Waals surface area contributed by atoms with Crippen LogP contribution < -0.4 is 4.74 Å². The number of hydrogen-bond donors (Lipinski definition) is 0. The van der Waals surface area contributed by atoms with Crippen LogP contribution in [0.1, 0.15) is 10.4 Å². The second-order valence-electron chi connectivity index (χ2n) is 5.59. The van der Waals surface area contributed by atoms with Gasteiger partial charge in [-0.05, 0) is 42.3 Å². The van der Waals surface area contributed by atoms with Crippen LogP contribution in [0.5, 0.6) is 5.75 Å². The molecule has 6 heteroatoms. The summed E-state index contributed by atoms with van der Waals surface area (Å²) in [5.74, 6) is -2.59. The van der Waals surface area contributed by atoms with E-state index < -0.39 is 19.0 Å². The molecule has 1 aliphatic rings. The van der Waals surface area contributed by atoms with Crippen molar-refractivity contribution in [2.75, 3.05) is 19.7 Å². The van der Waals surface area contributed by atoms with Crippen molar-refractivity contribution in [1.82, 2.24) is 4.90 Å². The van der Waals surface area contributed by atoms with Gasteiger partial charge in [-0.2, -0.15) is 0 Å². The van der Waals surface area contributed by atoms with E-state index in [9.17, 15) is 13.6 Å². The molecule has 0 bridgehead atoms.